The number of carbonyl (C=O) groups excluding carboxylic acids is 2. The van der Waals surface area contributed by atoms with Gasteiger partial charge in [-0.3, -0.25) is 9.59 Å². The van der Waals surface area contributed by atoms with Gasteiger partial charge in [0.15, 0.2) is 5.78 Å². The lowest BCUT2D eigenvalue weighted by molar-refractivity contribution is -0.114. The third-order valence-electron chi connectivity index (χ3n) is 4.04. The summed E-state index contributed by atoms with van der Waals surface area (Å²) in [5, 5.41) is 5.87. The van der Waals surface area contributed by atoms with Crippen LogP contribution in [0.25, 0.3) is 0 Å². The lowest BCUT2D eigenvalue weighted by Gasteiger charge is -2.25. The smallest absolute Gasteiger partial charge is 0.221 e. The number of Topliss-reactive ketones (excluding diaryl/α,β-unsaturated/α-hetero) is 1. The van der Waals surface area contributed by atoms with Crippen LogP contribution in [0, 0.1) is 13.8 Å². The lowest BCUT2D eigenvalue weighted by Crippen LogP contribution is -2.24. The molecule has 5 heteroatoms. The highest BCUT2D eigenvalue weighted by Gasteiger charge is 2.22. The van der Waals surface area contributed by atoms with Crippen molar-refractivity contribution in [1.29, 1.82) is 0 Å². The lowest BCUT2D eigenvalue weighted by atomic mass is 10.1. The monoisotopic (exact) mass is 341 g/mol. The van der Waals surface area contributed by atoms with Crippen molar-refractivity contribution in [3.05, 3.63) is 47.3 Å². The highest BCUT2D eigenvalue weighted by atomic mass is 16.1. The molecule has 0 fully saturated rings. The first-order chi connectivity index (χ1) is 11.6. The van der Waals surface area contributed by atoms with Gasteiger partial charge in [0.25, 0.3) is 0 Å². The van der Waals surface area contributed by atoms with Gasteiger partial charge in [0.05, 0.1) is 6.54 Å². The van der Waals surface area contributed by atoms with E-state index in [2.05, 4.69) is 36.0 Å². The van der Waals surface area contributed by atoms with E-state index in [1.807, 2.05) is 44.2 Å². The molecule has 0 saturated carbocycles. The fourth-order valence-corrected chi connectivity index (χ4v) is 3.27. The van der Waals surface area contributed by atoms with Gasteiger partial charge in [0.2, 0.25) is 5.91 Å². The summed E-state index contributed by atoms with van der Waals surface area (Å²) in [6.07, 6.45) is 0. The minimum absolute atomic E-state index is 0.0496. The van der Waals surface area contributed by atoms with Gasteiger partial charge in [0.1, 0.15) is 0 Å². The molecule has 2 N–H and O–H groups in total. The van der Waals surface area contributed by atoms with E-state index >= 15 is 0 Å². The summed E-state index contributed by atoms with van der Waals surface area (Å²) >= 11 is 0. The Hall–Kier alpha value is -2.56. The van der Waals surface area contributed by atoms with E-state index in [1.54, 1.807) is 0 Å². The fourth-order valence-electron chi connectivity index (χ4n) is 3.27. The molecule has 0 aliphatic rings. The number of carbonyl (C=O) groups is 2. The average Bonchev–Trinajstić information content (AvgIpc) is 2.79. The van der Waals surface area contributed by atoms with Crippen molar-refractivity contribution < 1.29 is 9.59 Å². The van der Waals surface area contributed by atoms with E-state index < -0.39 is 0 Å². The van der Waals surface area contributed by atoms with Crippen molar-refractivity contribution in [1.82, 2.24) is 4.57 Å². The zero-order valence-corrected chi connectivity index (χ0v) is 15.9. The Morgan fingerprint density at radius 3 is 2.28 bits per heavy atom. The predicted octanol–water partition coefficient (Wildman–Crippen LogP) is 4.11. The van der Waals surface area contributed by atoms with Gasteiger partial charge < -0.3 is 15.2 Å². The first kappa shape index (κ1) is 18.8. The van der Waals surface area contributed by atoms with Gasteiger partial charge in [0, 0.05) is 40.8 Å². The number of nitrogens with zero attached hydrogens (tertiary/aromatic N) is 1. The summed E-state index contributed by atoms with van der Waals surface area (Å²) in [4.78, 5) is 23.8. The Balaban J connectivity index is 2.13. The topological polar surface area (TPSA) is 63.1 Å². The molecule has 1 aromatic heterocycles. The third-order valence-corrected chi connectivity index (χ3v) is 4.04. The number of aromatic nitrogens is 1. The standard InChI is InChI=1S/C20H27N3O2/c1-13-10-18(14(2)23(13)20(4,5)6)19(25)12-21-16-8-7-9-17(11-16)22-15(3)24/h7-11,21H,12H2,1-6H3,(H,22,24). The van der Waals surface area contributed by atoms with E-state index in [0.717, 1.165) is 22.6 Å². The first-order valence-corrected chi connectivity index (χ1v) is 8.43. The Morgan fingerprint density at radius 2 is 1.72 bits per heavy atom. The van der Waals surface area contributed by atoms with Crippen LogP contribution in [0.2, 0.25) is 0 Å². The Kier molecular flexibility index (Phi) is 5.36. The van der Waals surface area contributed by atoms with Crippen LogP contribution in [-0.4, -0.2) is 22.8 Å². The minimum atomic E-state index is -0.122. The Morgan fingerprint density at radius 1 is 1.08 bits per heavy atom. The highest BCUT2D eigenvalue weighted by Crippen LogP contribution is 2.25. The molecule has 0 aliphatic carbocycles. The summed E-state index contributed by atoms with van der Waals surface area (Å²) < 4.78 is 2.19. The van der Waals surface area contributed by atoms with Gasteiger partial charge >= 0.3 is 0 Å². The molecule has 2 rings (SSSR count). The number of hydrogen-bond donors (Lipinski definition) is 2. The van der Waals surface area contributed by atoms with Crippen LogP contribution in [0.1, 0.15) is 49.4 Å². The number of benzene rings is 1. The zero-order valence-electron chi connectivity index (χ0n) is 15.9. The Bertz CT molecular complexity index is 798. The highest BCUT2D eigenvalue weighted by molar-refractivity contribution is 6.00. The van der Waals surface area contributed by atoms with Gasteiger partial charge in [-0.05, 0) is 58.9 Å². The van der Waals surface area contributed by atoms with Crippen LogP contribution in [0.15, 0.2) is 30.3 Å². The van der Waals surface area contributed by atoms with Crippen molar-refractivity contribution in [3.8, 4) is 0 Å². The van der Waals surface area contributed by atoms with Crippen LogP contribution < -0.4 is 10.6 Å². The van der Waals surface area contributed by atoms with E-state index in [1.165, 1.54) is 6.92 Å². The van der Waals surface area contributed by atoms with Crippen molar-refractivity contribution in [3.63, 3.8) is 0 Å². The quantitative estimate of drug-likeness (QED) is 0.804. The molecular formula is C20H27N3O2. The molecule has 0 aliphatic heterocycles. The van der Waals surface area contributed by atoms with Gasteiger partial charge in [-0.2, -0.15) is 0 Å². The molecule has 0 unspecified atom stereocenters. The predicted molar refractivity (Wildman–Crippen MR) is 102 cm³/mol. The summed E-state index contributed by atoms with van der Waals surface area (Å²) in [5.41, 5.74) is 4.26. The molecule has 0 saturated heterocycles. The zero-order chi connectivity index (χ0) is 18.8. The first-order valence-electron chi connectivity index (χ1n) is 8.43. The molecule has 0 radical (unpaired) electrons. The Labute approximate surface area is 149 Å². The van der Waals surface area contributed by atoms with Crippen molar-refractivity contribution >= 4 is 23.1 Å². The summed E-state index contributed by atoms with van der Waals surface area (Å²) in [7, 11) is 0. The van der Waals surface area contributed by atoms with E-state index in [-0.39, 0.29) is 23.8 Å². The van der Waals surface area contributed by atoms with Gasteiger partial charge in [-0.15, -0.1) is 0 Å². The summed E-state index contributed by atoms with van der Waals surface area (Å²) in [5.74, 6) is -0.0728. The molecule has 1 aromatic carbocycles. The molecule has 2 aromatic rings. The van der Waals surface area contributed by atoms with Crippen LogP contribution in [0.4, 0.5) is 11.4 Å². The second-order valence-electron chi connectivity index (χ2n) is 7.33. The second-order valence-corrected chi connectivity index (χ2v) is 7.33. The number of rotatable bonds is 5. The molecule has 0 spiro atoms. The fraction of sp³-hybridized carbons (Fsp3) is 0.400. The molecule has 0 atom stereocenters. The number of amides is 1. The van der Waals surface area contributed by atoms with E-state index in [0.29, 0.717) is 5.69 Å². The molecule has 1 heterocycles. The maximum absolute atomic E-state index is 12.6. The molecule has 5 nitrogen and oxygen atoms in total. The molecular weight excluding hydrogens is 314 g/mol. The van der Waals surface area contributed by atoms with Crippen LogP contribution >= 0.6 is 0 Å². The molecule has 25 heavy (non-hydrogen) atoms. The van der Waals surface area contributed by atoms with E-state index in [9.17, 15) is 9.59 Å². The van der Waals surface area contributed by atoms with Crippen LogP contribution in [0.3, 0.4) is 0 Å². The number of ketones is 1. The van der Waals surface area contributed by atoms with Gasteiger partial charge in [-0.25, -0.2) is 0 Å². The largest absolute Gasteiger partial charge is 0.378 e. The summed E-state index contributed by atoms with van der Waals surface area (Å²) in [6.45, 7) is 12.1. The van der Waals surface area contributed by atoms with Crippen molar-refractivity contribution in [2.45, 2.75) is 47.1 Å². The number of aryl methyl sites for hydroxylation is 1. The van der Waals surface area contributed by atoms with E-state index in [4.69, 9.17) is 0 Å². The molecule has 0 bridgehead atoms. The number of nitrogens with one attached hydrogen (secondary N) is 2. The van der Waals surface area contributed by atoms with Crippen LogP contribution in [-0.2, 0) is 10.3 Å². The average molecular weight is 341 g/mol. The number of hydrogen-bond acceptors (Lipinski definition) is 3. The van der Waals surface area contributed by atoms with Crippen molar-refractivity contribution in [2.75, 3.05) is 17.2 Å². The minimum Gasteiger partial charge on any atom is -0.378 e. The molecule has 134 valence electrons. The normalized spacial score (nSPS) is 11.3. The van der Waals surface area contributed by atoms with Crippen LogP contribution in [0.5, 0.6) is 0 Å². The SMILES string of the molecule is CC(=O)Nc1cccc(NCC(=O)c2cc(C)n(C(C)(C)C)c2C)c1. The van der Waals surface area contributed by atoms with Crippen molar-refractivity contribution in [2.24, 2.45) is 0 Å². The van der Waals surface area contributed by atoms with Gasteiger partial charge in [-0.1, -0.05) is 6.07 Å². The maximum Gasteiger partial charge on any atom is 0.221 e. The summed E-state index contributed by atoms with van der Waals surface area (Å²) in [6, 6.07) is 9.29. The second kappa shape index (κ2) is 7.13. The maximum atomic E-state index is 12.6. The molecule has 1 amide bonds. The number of anilines is 2. The third kappa shape index (κ3) is 4.50.